The molecule has 0 aliphatic heterocycles. The van der Waals surface area contributed by atoms with Gasteiger partial charge in [0.25, 0.3) is 0 Å². The van der Waals surface area contributed by atoms with Crippen LogP contribution in [-0.4, -0.2) is 49.7 Å². The molecule has 1 rings (SSSR count). The second-order valence-corrected chi connectivity index (χ2v) is 3.78. The molecule has 0 saturated heterocycles. The highest BCUT2D eigenvalue weighted by molar-refractivity contribution is 4.81. The van der Waals surface area contributed by atoms with Gasteiger partial charge >= 0.3 is 0 Å². The van der Waals surface area contributed by atoms with E-state index in [2.05, 4.69) is 22.7 Å². The Labute approximate surface area is 97.2 Å². The average Bonchev–Trinajstić information content (AvgIpc) is 2.81. The summed E-state index contributed by atoms with van der Waals surface area (Å²) < 4.78 is 6.90. The van der Waals surface area contributed by atoms with E-state index in [1.807, 2.05) is 23.1 Å². The van der Waals surface area contributed by atoms with Crippen LogP contribution in [-0.2, 0) is 4.74 Å². The van der Waals surface area contributed by atoms with Crippen molar-refractivity contribution in [2.24, 2.45) is 0 Å². The molecule has 0 aromatic carbocycles. The Morgan fingerprint density at radius 1 is 1.31 bits per heavy atom. The van der Waals surface area contributed by atoms with Gasteiger partial charge in [0.1, 0.15) is 0 Å². The van der Waals surface area contributed by atoms with E-state index < -0.39 is 0 Å². The molecular weight excluding hydrogens is 204 g/mol. The molecule has 0 aliphatic rings. The highest BCUT2D eigenvalue weighted by Gasteiger charge is 2.02. The van der Waals surface area contributed by atoms with Crippen LogP contribution >= 0.6 is 0 Å². The van der Waals surface area contributed by atoms with Gasteiger partial charge < -0.3 is 15.4 Å². The van der Waals surface area contributed by atoms with E-state index in [4.69, 9.17) is 4.74 Å². The van der Waals surface area contributed by atoms with Gasteiger partial charge in [0.15, 0.2) is 0 Å². The molecule has 0 radical (unpaired) electrons. The molecule has 2 N–H and O–H groups in total. The Balaban J connectivity index is 1.95. The van der Waals surface area contributed by atoms with E-state index in [-0.39, 0.29) is 0 Å². The van der Waals surface area contributed by atoms with E-state index in [1.54, 1.807) is 7.11 Å². The number of hydrogen-bond acceptors (Lipinski definition) is 4. The summed E-state index contributed by atoms with van der Waals surface area (Å²) >= 11 is 0. The van der Waals surface area contributed by atoms with Crippen LogP contribution in [0, 0.1) is 0 Å². The first-order chi connectivity index (χ1) is 7.84. The van der Waals surface area contributed by atoms with Gasteiger partial charge in [-0.25, -0.2) is 0 Å². The molecule has 92 valence electrons. The molecule has 1 atom stereocenters. The Bertz CT molecular complexity index is 250. The summed E-state index contributed by atoms with van der Waals surface area (Å²) in [6, 6.07) is 2.34. The van der Waals surface area contributed by atoms with Crippen molar-refractivity contribution in [3.63, 3.8) is 0 Å². The fraction of sp³-hybridized carbons (Fsp3) is 0.727. The van der Waals surface area contributed by atoms with Gasteiger partial charge in [-0.15, -0.1) is 0 Å². The van der Waals surface area contributed by atoms with Crippen molar-refractivity contribution in [3.05, 3.63) is 18.5 Å². The number of hydrogen-bond donors (Lipinski definition) is 2. The second-order valence-electron chi connectivity index (χ2n) is 3.78. The number of methoxy groups -OCH3 is 1. The Morgan fingerprint density at radius 2 is 2.12 bits per heavy atom. The molecule has 0 spiro atoms. The van der Waals surface area contributed by atoms with Crippen LogP contribution in [0.2, 0.25) is 0 Å². The van der Waals surface area contributed by atoms with Crippen LogP contribution in [0.5, 0.6) is 0 Å². The monoisotopic (exact) mass is 226 g/mol. The number of rotatable bonds is 9. The van der Waals surface area contributed by atoms with Gasteiger partial charge in [-0.2, -0.15) is 5.10 Å². The molecule has 1 aromatic rings. The molecule has 0 aliphatic carbocycles. The van der Waals surface area contributed by atoms with Crippen LogP contribution in [0.3, 0.4) is 0 Å². The molecular formula is C11H22N4O. The summed E-state index contributed by atoms with van der Waals surface area (Å²) in [5, 5.41) is 10.9. The predicted molar refractivity (Wildman–Crippen MR) is 64.6 cm³/mol. The Morgan fingerprint density at radius 3 is 2.81 bits per heavy atom. The topological polar surface area (TPSA) is 51.1 Å². The standard InChI is InChI=1S/C11H22N4O/c1-11(15-8-3-4-14-15)10-13-6-5-12-7-9-16-2/h3-4,8,11-13H,5-7,9-10H2,1-2H3. The third-order valence-corrected chi connectivity index (χ3v) is 2.38. The number of nitrogens with one attached hydrogen (secondary N) is 2. The summed E-state index contributed by atoms with van der Waals surface area (Å²) in [6.07, 6.45) is 3.80. The van der Waals surface area contributed by atoms with Crippen LogP contribution in [0.25, 0.3) is 0 Å². The lowest BCUT2D eigenvalue weighted by Gasteiger charge is -2.13. The fourth-order valence-electron chi connectivity index (χ4n) is 1.42. The van der Waals surface area contributed by atoms with E-state index in [0.29, 0.717) is 6.04 Å². The zero-order valence-corrected chi connectivity index (χ0v) is 10.1. The van der Waals surface area contributed by atoms with E-state index in [9.17, 15) is 0 Å². The zero-order chi connectivity index (χ0) is 11.6. The van der Waals surface area contributed by atoms with Crippen molar-refractivity contribution >= 4 is 0 Å². The van der Waals surface area contributed by atoms with Crippen LogP contribution in [0.1, 0.15) is 13.0 Å². The number of nitrogens with zero attached hydrogens (tertiary/aromatic N) is 2. The van der Waals surface area contributed by atoms with Gasteiger partial charge in [-0.05, 0) is 13.0 Å². The van der Waals surface area contributed by atoms with Gasteiger partial charge in [-0.3, -0.25) is 4.68 Å². The van der Waals surface area contributed by atoms with Crippen molar-refractivity contribution in [2.45, 2.75) is 13.0 Å². The quantitative estimate of drug-likeness (QED) is 0.593. The normalized spacial score (nSPS) is 12.9. The summed E-state index contributed by atoms with van der Waals surface area (Å²) in [7, 11) is 1.71. The first-order valence-electron chi connectivity index (χ1n) is 5.74. The Hall–Kier alpha value is -0.910. The minimum atomic E-state index is 0.397. The van der Waals surface area contributed by atoms with Crippen LogP contribution < -0.4 is 10.6 Å². The lowest BCUT2D eigenvalue weighted by Crippen LogP contribution is -2.32. The third-order valence-electron chi connectivity index (χ3n) is 2.38. The summed E-state index contributed by atoms with van der Waals surface area (Å²) in [4.78, 5) is 0. The number of aromatic nitrogens is 2. The van der Waals surface area contributed by atoms with Gasteiger partial charge in [0.2, 0.25) is 0 Å². The summed E-state index contributed by atoms with van der Waals surface area (Å²) in [6.45, 7) is 6.70. The molecule has 0 amide bonds. The van der Waals surface area contributed by atoms with Crippen molar-refractivity contribution in [1.82, 2.24) is 20.4 Å². The van der Waals surface area contributed by atoms with Crippen molar-refractivity contribution < 1.29 is 4.74 Å². The second kappa shape index (κ2) is 8.27. The predicted octanol–water partition coefficient (Wildman–Crippen LogP) is 0.270. The largest absolute Gasteiger partial charge is 0.383 e. The highest BCUT2D eigenvalue weighted by Crippen LogP contribution is 1.99. The molecule has 1 aromatic heterocycles. The van der Waals surface area contributed by atoms with Gasteiger partial charge in [-0.1, -0.05) is 0 Å². The smallest absolute Gasteiger partial charge is 0.0615 e. The van der Waals surface area contributed by atoms with E-state index in [1.165, 1.54) is 0 Å². The molecule has 1 heterocycles. The maximum Gasteiger partial charge on any atom is 0.0615 e. The van der Waals surface area contributed by atoms with Crippen molar-refractivity contribution in [1.29, 1.82) is 0 Å². The molecule has 5 nitrogen and oxygen atoms in total. The van der Waals surface area contributed by atoms with Crippen LogP contribution in [0.4, 0.5) is 0 Å². The zero-order valence-electron chi connectivity index (χ0n) is 10.1. The maximum absolute atomic E-state index is 4.94. The molecule has 5 heteroatoms. The molecule has 0 saturated carbocycles. The molecule has 0 fully saturated rings. The number of ether oxygens (including phenoxy) is 1. The molecule has 0 bridgehead atoms. The lowest BCUT2D eigenvalue weighted by molar-refractivity contribution is 0.199. The van der Waals surface area contributed by atoms with E-state index in [0.717, 1.165) is 32.8 Å². The summed E-state index contributed by atoms with van der Waals surface area (Å²) in [5.41, 5.74) is 0. The lowest BCUT2D eigenvalue weighted by atomic mass is 10.3. The van der Waals surface area contributed by atoms with Crippen molar-refractivity contribution in [3.8, 4) is 0 Å². The minimum absolute atomic E-state index is 0.397. The molecule has 1 unspecified atom stereocenters. The first kappa shape index (κ1) is 13.2. The SMILES string of the molecule is COCCNCCNCC(C)n1cccn1. The summed E-state index contributed by atoms with van der Waals surface area (Å²) in [5.74, 6) is 0. The minimum Gasteiger partial charge on any atom is -0.383 e. The molecule has 16 heavy (non-hydrogen) atoms. The van der Waals surface area contributed by atoms with Gasteiger partial charge in [0, 0.05) is 45.7 Å². The van der Waals surface area contributed by atoms with Gasteiger partial charge in [0.05, 0.1) is 12.6 Å². The fourth-order valence-corrected chi connectivity index (χ4v) is 1.42. The average molecular weight is 226 g/mol. The van der Waals surface area contributed by atoms with Crippen LogP contribution in [0.15, 0.2) is 18.5 Å². The first-order valence-corrected chi connectivity index (χ1v) is 5.74. The van der Waals surface area contributed by atoms with E-state index >= 15 is 0 Å². The highest BCUT2D eigenvalue weighted by atomic mass is 16.5. The maximum atomic E-state index is 4.94. The Kier molecular flexibility index (Phi) is 6.80. The third kappa shape index (κ3) is 5.25. The van der Waals surface area contributed by atoms with Crippen molar-refractivity contribution in [2.75, 3.05) is 39.9 Å².